The normalized spacial score (nSPS) is 20.4. The lowest BCUT2D eigenvalue weighted by atomic mass is 10.1. The van der Waals surface area contributed by atoms with Gasteiger partial charge in [-0.15, -0.1) is 0 Å². The van der Waals surface area contributed by atoms with E-state index in [1.807, 2.05) is 30.0 Å². The first-order chi connectivity index (χ1) is 14.7. The maximum atomic E-state index is 12.7. The number of hydrogen-bond acceptors (Lipinski definition) is 4. The van der Waals surface area contributed by atoms with Crippen molar-refractivity contribution in [3.8, 4) is 0 Å². The van der Waals surface area contributed by atoms with Gasteiger partial charge in [-0.2, -0.15) is 0 Å². The summed E-state index contributed by atoms with van der Waals surface area (Å²) in [4.78, 5) is 27.2. The molecule has 2 fully saturated rings. The van der Waals surface area contributed by atoms with Crippen LogP contribution in [0.5, 0.6) is 0 Å². The Hall–Kier alpha value is -1.92. The van der Waals surface area contributed by atoms with Gasteiger partial charge in [-0.1, -0.05) is 49.9 Å². The van der Waals surface area contributed by atoms with E-state index in [1.165, 1.54) is 25.7 Å². The van der Waals surface area contributed by atoms with Crippen LogP contribution >= 0.6 is 0 Å². The number of benzene rings is 1. The summed E-state index contributed by atoms with van der Waals surface area (Å²) < 4.78 is 10.9. The van der Waals surface area contributed by atoms with Crippen LogP contribution in [0.2, 0.25) is 0 Å². The first-order valence-corrected chi connectivity index (χ1v) is 11.5. The molecule has 1 atom stereocenters. The Kier molecular flexibility index (Phi) is 9.15. The third kappa shape index (κ3) is 6.81. The van der Waals surface area contributed by atoms with Gasteiger partial charge in [0.25, 0.3) is 0 Å². The molecule has 1 aliphatic heterocycles. The summed E-state index contributed by atoms with van der Waals surface area (Å²) in [5.74, 6) is -0.100. The summed E-state index contributed by atoms with van der Waals surface area (Å²) in [6.07, 6.45) is 7.42. The summed E-state index contributed by atoms with van der Waals surface area (Å²) in [5, 5.41) is 3.03. The van der Waals surface area contributed by atoms with Gasteiger partial charge in [-0.25, -0.2) is 0 Å². The van der Waals surface area contributed by atoms with Crippen LogP contribution < -0.4 is 5.32 Å². The minimum atomic E-state index is -0.231. The average Bonchev–Trinajstić information content (AvgIpc) is 2.96. The fourth-order valence-corrected chi connectivity index (χ4v) is 4.44. The van der Waals surface area contributed by atoms with E-state index < -0.39 is 0 Å². The molecule has 1 unspecified atom stereocenters. The van der Waals surface area contributed by atoms with Crippen molar-refractivity contribution in [2.75, 3.05) is 26.4 Å². The molecule has 0 bridgehead atoms. The van der Waals surface area contributed by atoms with Gasteiger partial charge in [-0.3, -0.25) is 9.59 Å². The van der Waals surface area contributed by atoms with Gasteiger partial charge in [0.1, 0.15) is 0 Å². The van der Waals surface area contributed by atoms with Crippen molar-refractivity contribution in [2.45, 2.75) is 71.1 Å². The molecular formula is C24H36N2O4. The zero-order chi connectivity index (χ0) is 21.2. The van der Waals surface area contributed by atoms with Crippen molar-refractivity contribution in [1.82, 2.24) is 10.2 Å². The molecule has 2 aliphatic rings. The van der Waals surface area contributed by atoms with E-state index in [1.54, 1.807) is 0 Å². The van der Waals surface area contributed by atoms with Gasteiger partial charge in [-0.05, 0) is 30.9 Å². The molecule has 2 amide bonds. The topological polar surface area (TPSA) is 67.9 Å². The van der Waals surface area contributed by atoms with E-state index >= 15 is 0 Å². The minimum Gasteiger partial charge on any atom is -0.379 e. The van der Waals surface area contributed by atoms with Crippen LogP contribution in [0.15, 0.2) is 24.3 Å². The Morgan fingerprint density at radius 2 is 1.83 bits per heavy atom. The van der Waals surface area contributed by atoms with Gasteiger partial charge in [0.2, 0.25) is 11.8 Å². The molecule has 1 saturated heterocycles. The van der Waals surface area contributed by atoms with Crippen LogP contribution in [-0.2, 0) is 32.2 Å². The molecule has 6 nitrogen and oxygen atoms in total. The molecule has 0 aromatic heterocycles. The summed E-state index contributed by atoms with van der Waals surface area (Å²) in [7, 11) is 0. The maximum absolute atomic E-state index is 12.7. The highest BCUT2D eigenvalue weighted by atomic mass is 16.5. The summed E-state index contributed by atoms with van der Waals surface area (Å²) in [5.41, 5.74) is 2.12. The monoisotopic (exact) mass is 416 g/mol. The highest BCUT2D eigenvalue weighted by Crippen LogP contribution is 2.28. The second-order valence-corrected chi connectivity index (χ2v) is 8.38. The van der Waals surface area contributed by atoms with Gasteiger partial charge in [0.15, 0.2) is 0 Å². The van der Waals surface area contributed by atoms with Crippen molar-refractivity contribution in [1.29, 1.82) is 0 Å². The lowest BCUT2D eigenvalue weighted by molar-refractivity contribution is -0.130. The number of carbonyl (C=O) groups excluding carboxylic acids is 2. The molecule has 1 N–H and O–H groups in total. The van der Waals surface area contributed by atoms with Gasteiger partial charge >= 0.3 is 0 Å². The van der Waals surface area contributed by atoms with Crippen molar-refractivity contribution in [3.05, 3.63) is 35.4 Å². The van der Waals surface area contributed by atoms with Crippen LogP contribution in [0.3, 0.4) is 0 Å². The quantitative estimate of drug-likeness (QED) is 0.469. The third-order valence-corrected chi connectivity index (χ3v) is 6.10. The summed E-state index contributed by atoms with van der Waals surface area (Å²) in [6.45, 7) is 5.41. The number of rotatable bonds is 10. The Bertz CT molecular complexity index is 686. The van der Waals surface area contributed by atoms with E-state index in [-0.39, 0.29) is 17.7 Å². The van der Waals surface area contributed by atoms with E-state index in [4.69, 9.17) is 9.47 Å². The van der Waals surface area contributed by atoms with Gasteiger partial charge in [0, 0.05) is 32.2 Å². The zero-order valence-electron chi connectivity index (χ0n) is 18.2. The molecule has 1 aromatic rings. The van der Waals surface area contributed by atoms with E-state index in [0.717, 1.165) is 24.0 Å². The smallest absolute Gasteiger partial charge is 0.225 e. The molecular weight excluding hydrogens is 380 g/mol. The molecule has 0 spiro atoms. The van der Waals surface area contributed by atoms with Crippen LogP contribution in [0.1, 0.15) is 63.0 Å². The Morgan fingerprint density at radius 3 is 2.60 bits per heavy atom. The first-order valence-electron chi connectivity index (χ1n) is 11.5. The number of ether oxygens (including phenoxy) is 2. The number of nitrogens with zero attached hydrogens (tertiary/aromatic N) is 1. The van der Waals surface area contributed by atoms with Crippen molar-refractivity contribution in [3.63, 3.8) is 0 Å². The third-order valence-electron chi connectivity index (χ3n) is 6.10. The number of nitrogens with one attached hydrogen (secondary N) is 1. The molecule has 1 aromatic carbocycles. The SMILES string of the molecule is CCOCCOCc1cccc(CNC(=O)C2CC(=O)N(C3CCCCCC3)C2)c1. The molecule has 30 heavy (non-hydrogen) atoms. The number of hydrogen-bond donors (Lipinski definition) is 1. The Balaban J connectivity index is 1.44. The van der Waals surface area contributed by atoms with Crippen molar-refractivity contribution >= 4 is 11.8 Å². The average molecular weight is 417 g/mol. The predicted octanol–water partition coefficient (Wildman–Crippen LogP) is 3.43. The predicted molar refractivity (Wildman–Crippen MR) is 116 cm³/mol. The maximum Gasteiger partial charge on any atom is 0.225 e. The second kappa shape index (κ2) is 12.1. The number of amides is 2. The van der Waals surface area contributed by atoms with E-state index in [0.29, 0.717) is 52.0 Å². The molecule has 166 valence electrons. The number of likely N-dealkylation sites (tertiary alicyclic amines) is 1. The fourth-order valence-electron chi connectivity index (χ4n) is 4.44. The molecule has 3 rings (SSSR count). The van der Waals surface area contributed by atoms with Crippen LogP contribution in [0, 0.1) is 5.92 Å². The minimum absolute atomic E-state index is 0.0159. The zero-order valence-corrected chi connectivity index (χ0v) is 18.2. The molecule has 1 saturated carbocycles. The Labute approximate surface area is 180 Å². The van der Waals surface area contributed by atoms with Gasteiger partial charge < -0.3 is 19.7 Å². The van der Waals surface area contributed by atoms with E-state index in [2.05, 4.69) is 11.4 Å². The standard InChI is InChI=1S/C24H36N2O4/c1-2-29-12-13-30-18-20-9-7-8-19(14-20)16-25-24(28)21-15-23(27)26(17-21)22-10-5-3-4-6-11-22/h7-9,14,21-22H,2-6,10-13,15-18H2,1H3,(H,25,28). The largest absolute Gasteiger partial charge is 0.379 e. The highest BCUT2D eigenvalue weighted by molar-refractivity contribution is 5.89. The van der Waals surface area contributed by atoms with Crippen molar-refractivity contribution in [2.24, 2.45) is 5.92 Å². The fraction of sp³-hybridized carbons (Fsp3) is 0.667. The molecule has 1 heterocycles. The van der Waals surface area contributed by atoms with Crippen LogP contribution in [-0.4, -0.2) is 49.1 Å². The Morgan fingerprint density at radius 1 is 1.10 bits per heavy atom. The molecule has 6 heteroatoms. The summed E-state index contributed by atoms with van der Waals surface area (Å²) >= 11 is 0. The highest BCUT2D eigenvalue weighted by Gasteiger charge is 2.37. The molecule has 1 aliphatic carbocycles. The summed E-state index contributed by atoms with van der Waals surface area (Å²) in [6, 6.07) is 8.39. The van der Waals surface area contributed by atoms with Crippen molar-refractivity contribution < 1.29 is 19.1 Å². The second-order valence-electron chi connectivity index (χ2n) is 8.38. The lowest BCUT2D eigenvalue weighted by Gasteiger charge is -2.27. The van der Waals surface area contributed by atoms with Gasteiger partial charge in [0.05, 0.1) is 25.7 Å². The van der Waals surface area contributed by atoms with E-state index in [9.17, 15) is 9.59 Å². The lowest BCUT2D eigenvalue weighted by Crippen LogP contribution is -2.38. The first kappa shape index (κ1) is 22.8. The van der Waals surface area contributed by atoms with Crippen LogP contribution in [0.4, 0.5) is 0 Å². The van der Waals surface area contributed by atoms with Crippen LogP contribution in [0.25, 0.3) is 0 Å². The number of carbonyl (C=O) groups is 2. The molecule has 0 radical (unpaired) electrons.